The number of rotatable bonds is 3. The van der Waals surface area contributed by atoms with Gasteiger partial charge in [0.2, 0.25) is 0 Å². The van der Waals surface area contributed by atoms with Crippen molar-refractivity contribution in [1.82, 2.24) is 20.5 Å². The molecule has 2 N–H and O–H groups in total. The number of pyridine rings is 1. The normalized spacial score (nSPS) is 27.0. The number of urea groups is 1. The van der Waals surface area contributed by atoms with Crippen LogP contribution in [0.4, 0.5) is 4.79 Å². The molecule has 1 aromatic rings. The fraction of sp³-hybridized carbons (Fsp3) is 0.533. The summed E-state index contributed by atoms with van der Waals surface area (Å²) in [5, 5.41) is 6.09. The van der Waals surface area contributed by atoms with E-state index in [1.165, 1.54) is 4.90 Å². The molecule has 2 fully saturated rings. The molecular formula is C15H20N4O2. The predicted octanol–water partition coefficient (Wildman–Crippen LogP) is 0.848. The second-order valence-corrected chi connectivity index (χ2v) is 5.88. The summed E-state index contributed by atoms with van der Waals surface area (Å²) < 4.78 is 0. The van der Waals surface area contributed by atoms with Gasteiger partial charge in [0.1, 0.15) is 0 Å². The molecule has 2 aliphatic rings. The quantitative estimate of drug-likeness (QED) is 0.809. The van der Waals surface area contributed by atoms with E-state index in [1.54, 1.807) is 25.3 Å². The molecule has 1 aromatic heterocycles. The fourth-order valence-corrected chi connectivity index (χ4v) is 3.02. The predicted molar refractivity (Wildman–Crippen MR) is 77.4 cm³/mol. The first-order chi connectivity index (χ1) is 10.1. The van der Waals surface area contributed by atoms with Crippen molar-refractivity contribution < 1.29 is 9.59 Å². The van der Waals surface area contributed by atoms with Gasteiger partial charge in [-0.25, -0.2) is 4.79 Å². The Morgan fingerprint density at radius 2 is 2.10 bits per heavy atom. The molecule has 2 aliphatic heterocycles. The fourth-order valence-electron chi connectivity index (χ4n) is 3.02. The molecule has 0 aromatic carbocycles. The molecule has 3 rings (SSSR count). The third-order valence-electron chi connectivity index (χ3n) is 4.35. The zero-order valence-corrected chi connectivity index (χ0v) is 12.1. The summed E-state index contributed by atoms with van der Waals surface area (Å²) in [6, 6.07) is 5.07. The monoisotopic (exact) mass is 288 g/mol. The number of carbonyl (C=O) groups excluding carboxylic acids is 2. The lowest BCUT2D eigenvalue weighted by Crippen LogP contribution is -2.42. The van der Waals surface area contributed by atoms with Gasteiger partial charge in [0.15, 0.2) is 5.54 Å². The molecular weight excluding hydrogens is 268 g/mol. The number of aromatic nitrogens is 1. The summed E-state index contributed by atoms with van der Waals surface area (Å²) in [4.78, 5) is 30.5. The molecule has 2 saturated heterocycles. The van der Waals surface area contributed by atoms with Crippen LogP contribution in [-0.2, 0) is 10.3 Å². The number of amides is 3. The van der Waals surface area contributed by atoms with Gasteiger partial charge in [-0.05, 0) is 50.9 Å². The van der Waals surface area contributed by atoms with E-state index in [-0.39, 0.29) is 11.9 Å². The summed E-state index contributed by atoms with van der Waals surface area (Å²) in [7, 11) is 0. The van der Waals surface area contributed by atoms with Gasteiger partial charge in [-0.3, -0.25) is 14.7 Å². The highest BCUT2D eigenvalue weighted by Gasteiger charge is 2.50. The molecule has 0 aliphatic carbocycles. The number of nitrogens with zero attached hydrogens (tertiary/aromatic N) is 2. The molecule has 0 saturated carbocycles. The number of hydrogen-bond acceptors (Lipinski definition) is 4. The van der Waals surface area contributed by atoms with Gasteiger partial charge in [0, 0.05) is 12.7 Å². The van der Waals surface area contributed by atoms with Crippen LogP contribution in [0.1, 0.15) is 25.5 Å². The first kappa shape index (κ1) is 14.0. The van der Waals surface area contributed by atoms with Crippen molar-refractivity contribution in [2.75, 3.05) is 19.6 Å². The molecule has 112 valence electrons. The lowest BCUT2D eigenvalue weighted by molar-refractivity contribution is -0.131. The van der Waals surface area contributed by atoms with E-state index in [9.17, 15) is 9.59 Å². The minimum atomic E-state index is -1.05. The SMILES string of the molecule is CC1(c2ccccn2)NC(=O)N(CC2CCNCC2)C1=O. The Bertz CT molecular complexity index is 542. The molecule has 3 heterocycles. The van der Waals surface area contributed by atoms with Crippen LogP contribution in [0.3, 0.4) is 0 Å². The number of nitrogens with one attached hydrogen (secondary N) is 2. The van der Waals surface area contributed by atoms with E-state index in [1.807, 2.05) is 6.07 Å². The Labute approximate surface area is 123 Å². The first-order valence-electron chi connectivity index (χ1n) is 7.37. The average Bonchev–Trinajstić information content (AvgIpc) is 2.74. The van der Waals surface area contributed by atoms with E-state index < -0.39 is 5.54 Å². The van der Waals surface area contributed by atoms with Gasteiger partial charge in [-0.2, -0.15) is 0 Å². The number of imide groups is 1. The number of hydrogen-bond donors (Lipinski definition) is 2. The third-order valence-corrected chi connectivity index (χ3v) is 4.35. The van der Waals surface area contributed by atoms with Gasteiger partial charge >= 0.3 is 6.03 Å². The Morgan fingerprint density at radius 1 is 1.33 bits per heavy atom. The molecule has 6 heteroatoms. The highest BCUT2D eigenvalue weighted by Crippen LogP contribution is 2.28. The van der Waals surface area contributed by atoms with Gasteiger partial charge in [0.05, 0.1) is 5.69 Å². The second kappa shape index (κ2) is 5.44. The lowest BCUT2D eigenvalue weighted by Gasteiger charge is -2.26. The van der Waals surface area contributed by atoms with Crippen LogP contribution in [0.5, 0.6) is 0 Å². The Balaban J connectivity index is 1.78. The van der Waals surface area contributed by atoms with E-state index >= 15 is 0 Å². The van der Waals surface area contributed by atoms with Gasteiger partial charge in [-0.1, -0.05) is 6.07 Å². The highest BCUT2D eigenvalue weighted by atomic mass is 16.2. The van der Waals surface area contributed by atoms with E-state index in [0.717, 1.165) is 25.9 Å². The van der Waals surface area contributed by atoms with E-state index in [4.69, 9.17) is 0 Å². The van der Waals surface area contributed by atoms with Gasteiger partial charge < -0.3 is 10.6 Å². The molecule has 0 radical (unpaired) electrons. The molecule has 6 nitrogen and oxygen atoms in total. The van der Waals surface area contributed by atoms with Crippen molar-refractivity contribution in [3.05, 3.63) is 30.1 Å². The first-order valence-corrected chi connectivity index (χ1v) is 7.37. The number of carbonyl (C=O) groups is 2. The van der Waals surface area contributed by atoms with Crippen molar-refractivity contribution in [3.63, 3.8) is 0 Å². The Morgan fingerprint density at radius 3 is 2.76 bits per heavy atom. The van der Waals surface area contributed by atoms with Crippen LogP contribution in [0.15, 0.2) is 24.4 Å². The summed E-state index contributed by atoms with van der Waals surface area (Å²) in [5.74, 6) is 0.178. The summed E-state index contributed by atoms with van der Waals surface area (Å²) >= 11 is 0. The van der Waals surface area contributed by atoms with Crippen LogP contribution < -0.4 is 10.6 Å². The zero-order chi connectivity index (χ0) is 14.9. The molecule has 1 atom stereocenters. The van der Waals surface area contributed by atoms with Crippen LogP contribution in [0.25, 0.3) is 0 Å². The van der Waals surface area contributed by atoms with Crippen LogP contribution in [0.2, 0.25) is 0 Å². The van der Waals surface area contributed by atoms with Gasteiger partial charge in [0.25, 0.3) is 5.91 Å². The maximum atomic E-state index is 12.7. The standard InChI is InChI=1S/C15H20N4O2/c1-15(12-4-2-3-7-17-12)13(20)19(14(21)18-15)10-11-5-8-16-9-6-11/h2-4,7,11,16H,5-6,8-10H2,1H3,(H,18,21). The average molecular weight is 288 g/mol. The summed E-state index contributed by atoms with van der Waals surface area (Å²) in [6.07, 6.45) is 3.63. The Kier molecular flexibility index (Phi) is 3.63. The largest absolute Gasteiger partial charge is 0.325 e. The minimum Gasteiger partial charge on any atom is -0.318 e. The van der Waals surface area contributed by atoms with E-state index in [2.05, 4.69) is 15.6 Å². The zero-order valence-electron chi connectivity index (χ0n) is 12.1. The van der Waals surface area contributed by atoms with Crippen LogP contribution in [0, 0.1) is 5.92 Å². The minimum absolute atomic E-state index is 0.204. The molecule has 3 amide bonds. The molecule has 0 spiro atoms. The van der Waals surface area contributed by atoms with Crippen molar-refractivity contribution in [2.45, 2.75) is 25.3 Å². The van der Waals surface area contributed by atoms with Crippen LogP contribution >= 0.6 is 0 Å². The van der Waals surface area contributed by atoms with Crippen molar-refractivity contribution in [1.29, 1.82) is 0 Å². The molecule has 0 bridgehead atoms. The number of piperidine rings is 1. The highest BCUT2D eigenvalue weighted by molar-refractivity contribution is 6.07. The van der Waals surface area contributed by atoms with Crippen molar-refractivity contribution in [3.8, 4) is 0 Å². The topological polar surface area (TPSA) is 74.3 Å². The second-order valence-electron chi connectivity index (χ2n) is 5.88. The summed E-state index contributed by atoms with van der Waals surface area (Å²) in [5.41, 5.74) is -0.471. The van der Waals surface area contributed by atoms with Crippen LogP contribution in [-0.4, -0.2) is 41.5 Å². The van der Waals surface area contributed by atoms with E-state index in [0.29, 0.717) is 18.2 Å². The van der Waals surface area contributed by atoms with Gasteiger partial charge in [-0.15, -0.1) is 0 Å². The van der Waals surface area contributed by atoms with Crippen molar-refractivity contribution in [2.24, 2.45) is 5.92 Å². The maximum Gasteiger partial charge on any atom is 0.325 e. The molecule has 21 heavy (non-hydrogen) atoms. The maximum absolute atomic E-state index is 12.7. The smallest absolute Gasteiger partial charge is 0.318 e. The van der Waals surface area contributed by atoms with Crippen molar-refractivity contribution >= 4 is 11.9 Å². The molecule has 1 unspecified atom stereocenters. The summed E-state index contributed by atoms with van der Waals surface area (Å²) in [6.45, 7) is 4.12. The Hall–Kier alpha value is -1.95. The lowest BCUT2D eigenvalue weighted by atomic mass is 9.95. The third kappa shape index (κ3) is 2.51.